The fourth-order valence-corrected chi connectivity index (χ4v) is 3.30. The van der Waals surface area contributed by atoms with E-state index in [1.807, 2.05) is 17.7 Å². The summed E-state index contributed by atoms with van der Waals surface area (Å²) in [5, 5.41) is 5.51. The number of methoxy groups -OCH3 is 1. The molecule has 1 aromatic heterocycles. The van der Waals surface area contributed by atoms with E-state index in [2.05, 4.69) is 15.6 Å². The van der Waals surface area contributed by atoms with Crippen molar-refractivity contribution in [3.63, 3.8) is 0 Å². The third-order valence-electron chi connectivity index (χ3n) is 3.39. The van der Waals surface area contributed by atoms with Crippen molar-refractivity contribution >= 4 is 27.4 Å². The van der Waals surface area contributed by atoms with Gasteiger partial charge in [0.25, 0.3) is 10.0 Å². The molecule has 2 aromatic rings. The lowest BCUT2D eigenvalue weighted by Gasteiger charge is -2.15. The van der Waals surface area contributed by atoms with Crippen molar-refractivity contribution in [2.24, 2.45) is 0 Å². The number of aromatic nitrogens is 1. The molecule has 1 aromatic carbocycles. The fraction of sp³-hybridized carbons (Fsp3) is 0.294. The number of benzene rings is 1. The second-order valence-electron chi connectivity index (χ2n) is 5.91. The number of nitrogens with one attached hydrogen (secondary N) is 3. The zero-order chi connectivity index (χ0) is 19.3. The van der Waals surface area contributed by atoms with Crippen LogP contribution in [0.15, 0.2) is 41.6 Å². The first kappa shape index (κ1) is 19.5. The quantitative estimate of drug-likeness (QED) is 0.713. The number of carbonyl (C=O) groups is 1. The van der Waals surface area contributed by atoms with E-state index in [4.69, 9.17) is 4.74 Å². The Morgan fingerprint density at radius 1 is 1.23 bits per heavy atom. The number of sulfonamides is 1. The lowest BCUT2D eigenvalue weighted by Crippen LogP contribution is -2.42. The molecule has 0 atom stereocenters. The highest BCUT2D eigenvalue weighted by molar-refractivity contribution is 7.90. The van der Waals surface area contributed by atoms with E-state index in [0.717, 1.165) is 11.3 Å². The van der Waals surface area contributed by atoms with Crippen molar-refractivity contribution in [2.75, 3.05) is 12.4 Å². The first-order valence-electron chi connectivity index (χ1n) is 7.92. The summed E-state index contributed by atoms with van der Waals surface area (Å²) in [5.74, 6) is 0.727. The van der Waals surface area contributed by atoms with Gasteiger partial charge in [-0.1, -0.05) is 0 Å². The molecule has 140 valence electrons. The smallest absolute Gasteiger partial charge is 0.328 e. The molecule has 0 spiro atoms. The van der Waals surface area contributed by atoms with Crippen molar-refractivity contribution in [3.05, 3.63) is 42.2 Å². The van der Waals surface area contributed by atoms with Crippen molar-refractivity contribution in [2.45, 2.75) is 31.7 Å². The number of urea groups is 1. The minimum Gasteiger partial charge on any atom is -0.496 e. The van der Waals surface area contributed by atoms with Crippen LogP contribution in [-0.2, 0) is 10.0 Å². The van der Waals surface area contributed by atoms with Crippen LogP contribution in [0.25, 0.3) is 0 Å². The van der Waals surface area contributed by atoms with Crippen molar-refractivity contribution in [1.82, 2.24) is 15.0 Å². The van der Waals surface area contributed by atoms with Gasteiger partial charge >= 0.3 is 6.03 Å². The molecule has 0 saturated carbocycles. The zero-order valence-corrected chi connectivity index (χ0v) is 15.8. The van der Waals surface area contributed by atoms with E-state index in [-0.39, 0.29) is 10.9 Å². The molecule has 0 saturated heterocycles. The van der Waals surface area contributed by atoms with Crippen LogP contribution in [0.2, 0.25) is 0 Å². The largest absolute Gasteiger partial charge is 0.496 e. The maximum absolute atomic E-state index is 12.5. The highest BCUT2D eigenvalue weighted by Crippen LogP contribution is 2.27. The van der Waals surface area contributed by atoms with E-state index in [9.17, 15) is 13.2 Å². The van der Waals surface area contributed by atoms with Crippen LogP contribution in [0.4, 0.5) is 16.2 Å². The minimum absolute atomic E-state index is 0.132. The summed E-state index contributed by atoms with van der Waals surface area (Å²) < 4.78 is 32.3. The Bertz CT molecular complexity index is 897. The van der Waals surface area contributed by atoms with E-state index in [1.165, 1.54) is 18.5 Å². The number of anilines is 2. The molecular weight excluding hydrogens is 356 g/mol. The average Bonchev–Trinajstić information content (AvgIpc) is 2.54. The Kier molecular flexibility index (Phi) is 6.04. The average molecular weight is 378 g/mol. The molecule has 3 N–H and O–H groups in total. The monoisotopic (exact) mass is 378 g/mol. The molecule has 0 aliphatic rings. The minimum atomic E-state index is -4.09. The summed E-state index contributed by atoms with van der Waals surface area (Å²) >= 11 is 0. The van der Waals surface area contributed by atoms with Gasteiger partial charge in [-0.2, -0.15) is 0 Å². The Balaban J connectivity index is 2.30. The van der Waals surface area contributed by atoms with Crippen molar-refractivity contribution in [3.8, 4) is 5.75 Å². The first-order chi connectivity index (χ1) is 12.2. The standard InChI is InChI=1S/C17H22N4O4S/c1-11(2)19-17(22)21-26(23,24)16-10-18-8-7-14(16)20-13-5-6-15(25-4)12(3)9-13/h5-11H,1-4H3,(H,18,20)(H2,19,21,22). The number of nitrogens with zero attached hydrogens (tertiary/aromatic N) is 1. The molecule has 9 heteroatoms. The van der Waals surface area contributed by atoms with Gasteiger partial charge in [0.2, 0.25) is 0 Å². The Labute approximate surface area is 153 Å². The van der Waals surface area contributed by atoms with Gasteiger partial charge in [0.15, 0.2) is 0 Å². The number of ether oxygens (including phenoxy) is 1. The van der Waals surface area contributed by atoms with E-state index in [0.29, 0.717) is 11.4 Å². The number of aryl methyl sites for hydroxylation is 1. The van der Waals surface area contributed by atoms with Crippen molar-refractivity contribution in [1.29, 1.82) is 0 Å². The molecule has 0 unspecified atom stereocenters. The van der Waals surface area contributed by atoms with Crippen LogP contribution in [0.3, 0.4) is 0 Å². The van der Waals surface area contributed by atoms with Crippen LogP contribution in [0.5, 0.6) is 5.75 Å². The van der Waals surface area contributed by atoms with Gasteiger partial charge in [0.05, 0.1) is 12.8 Å². The molecule has 0 fully saturated rings. The summed E-state index contributed by atoms with van der Waals surface area (Å²) in [6.07, 6.45) is 2.65. The van der Waals surface area contributed by atoms with Gasteiger partial charge in [0.1, 0.15) is 10.6 Å². The van der Waals surface area contributed by atoms with Gasteiger partial charge in [-0.3, -0.25) is 4.98 Å². The van der Waals surface area contributed by atoms with E-state index < -0.39 is 16.1 Å². The first-order valence-corrected chi connectivity index (χ1v) is 9.40. The molecule has 2 amide bonds. The molecule has 2 rings (SSSR count). The van der Waals surface area contributed by atoms with Crippen LogP contribution >= 0.6 is 0 Å². The second-order valence-corrected chi connectivity index (χ2v) is 7.57. The number of pyridine rings is 1. The number of hydrogen-bond donors (Lipinski definition) is 3. The molecule has 0 aliphatic heterocycles. The highest BCUT2D eigenvalue weighted by Gasteiger charge is 2.22. The van der Waals surface area contributed by atoms with Crippen LogP contribution < -0.4 is 20.1 Å². The molecule has 0 radical (unpaired) electrons. The SMILES string of the molecule is COc1ccc(Nc2ccncc2S(=O)(=O)NC(=O)NC(C)C)cc1C. The summed E-state index contributed by atoms with van der Waals surface area (Å²) in [5.41, 5.74) is 1.87. The van der Waals surface area contributed by atoms with Crippen LogP contribution in [0.1, 0.15) is 19.4 Å². The van der Waals surface area contributed by atoms with Crippen LogP contribution in [-0.4, -0.2) is 32.6 Å². The van der Waals surface area contributed by atoms with Gasteiger partial charge in [-0.15, -0.1) is 0 Å². The summed E-state index contributed by atoms with van der Waals surface area (Å²) in [6, 6.07) is 5.90. The number of rotatable bonds is 6. The molecule has 0 aliphatic carbocycles. The fourth-order valence-electron chi connectivity index (χ4n) is 2.28. The third-order valence-corrected chi connectivity index (χ3v) is 4.75. The van der Waals surface area contributed by atoms with Crippen molar-refractivity contribution < 1.29 is 17.9 Å². The number of hydrogen-bond acceptors (Lipinski definition) is 6. The topological polar surface area (TPSA) is 109 Å². The predicted octanol–water partition coefficient (Wildman–Crippen LogP) is 2.54. The molecule has 8 nitrogen and oxygen atoms in total. The van der Waals surface area contributed by atoms with E-state index >= 15 is 0 Å². The number of carbonyl (C=O) groups excluding carboxylic acids is 1. The lowest BCUT2D eigenvalue weighted by molar-refractivity contribution is 0.243. The second kappa shape index (κ2) is 8.05. The predicted molar refractivity (Wildman–Crippen MR) is 99.2 cm³/mol. The Hall–Kier alpha value is -2.81. The summed E-state index contributed by atoms with van der Waals surface area (Å²) in [4.78, 5) is 15.5. The van der Waals surface area contributed by atoms with Gasteiger partial charge < -0.3 is 15.4 Å². The Morgan fingerprint density at radius 2 is 1.96 bits per heavy atom. The third kappa shape index (κ3) is 4.85. The van der Waals surface area contributed by atoms with Gasteiger partial charge in [-0.05, 0) is 50.6 Å². The lowest BCUT2D eigenvalue weighted by atomic mass is 10.2. The van der Waals surface area contributed by atoms with Crippen LogP contribution in [0, 0.1) is 6.92 Å². The number of amides is 2. The summed E-state index contributed by atoms with van der Waals surface area (Å²) in [7, 11) is -2.51. The normalized spacial score (nSPS) is 11.1. The molecule has 26 heavy (non-hydrogen) atoms. The van der Waals surface area contributed by atoms with Gasteiger partial charge in [-0.25, -0.2) is 17.9 Å². The zero-order valence-electron chi connectivity index (χ0n) is 15.0. The maximum Gasteiger partial charge on any atom is 0.328 e. The van der Waals surface area contributed by atoms with E-state index in [1.54, 1.807) is 33.1 Å². The maximum atomic E-state index is 12.5. The highest BCUT2D eigenvalue weighted by atomic mass is 32.2. The molecular formula is C17H22N4O4S. The molecule has 1 heterocycles. The molecule has 0 bridgehead atoms. The Morgan fingerprint density at radius 3 is 2.58 bits per heavy atom. The van der Waals surface area contributed by atoms with Gasteiger partial charge in [0, 0.05) is 24.1 Å². The summed E-state index contributed by atoms with van der Waals surface area (Å²) in [6.45, 7) is 5.34.